The number of carbonyl (C=O) groups is 1. The van der Waals surface area contributed by atoms with Gasteiger partial charge in [0.15, 0.2) is 22.8 Å². The quantitative estimate of drug-likeness (QED) is 0.385. The second-order valence-corrected chi connectivity index (χ2v) is 12.2. The summed E-state index contributed by atoms with van der Waals surface area (Å²) in [6.07, 6.45) is -2.94. The van der Waals surface area contributed by atoms with E-state index >= 15 is 0 Å². The van der Waals surface area contributed by atoms with Crippen molar-refractivity contribution in [3.8, 4) is 23.1 Å². The minimum absolute atomic E-state index is 0.0113. The molecule has 3 aromatic rings. The number of carboxylic acids is 1. The van der Waals surface area contributed by atoms with Gasteiger partial charge in [0, 0.05) is 30.8 Å². The largest absolute Gasteiger partial charge is 0.586 e. The van der Waals surface area contributed by atoms with Gasteiger partial charge in [-0.05, 0) is 50.4 Å². The first-order valence-corrected chi connectivity index (χ1v) is 13.8. The van der Waals surface area contributed by atoms with E-state index in [1.165, 1.54) is 23.0 Å². The fourth-order valence-corrected chi connectivity index (χ4v) is 7.24. The Morgan fingerprint density at radius 1 is 1.09 bits per heavy atom. The van der Waals surface area contributed by atoms with Gasteiger partial charge in [0.2, 0.25) is 5.88 Å². The standard InChI is InChI=1S/C27H23F5N6O5/c28-26(29,30)20-15-2-1-5-37(13-23-10-24(11-23,12-23)22(39)40)21(15)38(36-20)14-6-19(35-34-8-14)43-25(3-4-25)18-7-16-17(9-33-18)42-27(31,32)41-16/h6-9H,1-5,10-13H2,(H,39,40). The number of alkyl halides is 5. The Balaban J connectivity index is 1.11. The van der Waals surface area contributed by atoms with E-state index in [2.05, 4.69) is 29.8 Å². The summed E-state index contributed by atoms with van der Waals surface area (Å²) in [5.41, 5.74) is -2.37. The number of halogens is 5. The fraction of sp³-hybridized carbons (Fsp3) is 0.519. The molecule has 0 amide bonds. The fourth-order valence-electron chi connectivity index (χ4n) is 7.24. The smallest absolute Gasteiger partial charge is 0.481 e. The van der Waals surface area contributed by atoms with Gasteiger partial charge < -0.3 is 24.2 Å². The highest BCUT2D eigenvalue weighted by Gasteiger charge is 2.72. The Kier molecular flexibility index (Phi) is 5.05. The molecule has 0 spiro atoms. The highest BCUT2D eigenvalue weighted by molar-refractivity contribution is 5.79. The molecule has 4 aliphatic carbocycles. The van der Waals surface area contributed by atoms with E-state index in [1.807, 2.05) is 4.90 Å². The summed E-state index contributed by atoms with van der Waals surface area (Å²) in [5, 5.41) is 21.5. The first-order valence-electron chi connectivity index (χ1n) is 13.8. The van der Waals surface area contributed by atoms with Crippen LogP contribution in [0.5, 0.6) is 17.4 Å². The number of nitrogens with zero attached hydrogens (tertiary/aromatic N) is 6. The Bertz CT molecular complexity index is 1670. The van der Waals surface area contributed by atoms with Crippen LogP contribution in [-0.4, -0.2) is 55.4 Å². The number of anilines is 1. The van der Waals surface area contributed by atoms with Gasteiger partial charge >= 0.3 is 18.4 Å². The lowest BCUT2D eigenvalue weighted by molar-refractivity contribution is -0.286. The Morgan fingerprint density at radius 3 is 2.53 bits per heavy atom. The van der Waals surface area contributed by atoms with Crippen LogP contribution in [0.3, 0.4) is 0 Å². The zero-order chi connectivity index (χ0) is 30.0. The van der Waals surface area contributed by atoms with Crippen molar-refractivity contribution < 1.29 is 46.1 Å². The summed E-state index contributed by atoms with van der Waals surface area (Å²) < 4.78 is 85.7. The molecule has 0 saturated heterocycles. The van der Waals surface area contributed by atoms with Crippen LogP contribution in [0, 0.1) is 10.8 Å². The van der Waals surface area contributed by atoms with E-state index in [-0.39, 0.29) is 40.5 Å². The molecule has 0 radical (unpaired) electrons. The molecular formula is C27H23F5N6O5. The zero-order valence-corrected chi connectivity index (χ0v) is 22.3. The molecule has 3 aromatic heterocycles. The van der Waals surface area contributed by atoms with Gasteiger partial charge in [-0.3, -0.25) is 9.78 Å². The van der Waals surface area contributed by atoms with Crippen LogP contribution in [0.2, 0.25) is 0 Å². The molecule has 4 saturated carbocycles. The third-order valence-corrected chi connectivity index (χ3v) is 9.12. The second kappa shape index (κ2) is 8.23. The maximum Gasteiger partial charge on any atom is 0.586 e. The first-order chi connectivity index (χ1) is 20.3. The molecule has 43 heavy (non-hydrogen) atoms. The highest BCUT2D eigenvalue weighted by Crippen LogP contribution is 2.73. The van der Waals surface area contributed by atoms with Crippen molar-refractivity contribution in [2.75, 3.05) is 18.0 Å². The molecule has 0 atom stereocenters. The molecule has 226 valence electrons. The molecule has 4 fully saturated rings. The molecule has 2 aliphatic heterocycles. The van der Waals surface area contributed by atoms with Crippen molar-refractivity contribution in [1.29, 1.82) is 0 Å². The zero-order valence-electron chi connectivity index (χ0n) is 22.3. The number of carboxylic acid groups (broad SMARTS) is 1. The van der Waals surface area contributed by atoms with Crippen LogP contribution >= 0.6 is 0 Å². The third-order valence-electron chi connectivity index (χ3n) is 9.12. The SMILES string of the molecule is O=C(O)C12CC(CN3CCCc4c(C(F)(F)F)nn(-c5cnnc(OC6(c7cc8c(cn7)OC(F)(F)O8)CC6)c5)c43)(C1)C2. The van der Waals surface area contributed by atoms with Crippen LogP contribution in [0.25, 0.3) is 5.69 Å². The second-order valence-electron chi connectivity index (χ2n) is 12.2. The molecule has 0 unspecified atom stereocenters. The monoisotopic (exact) mass is 606 g/mol. The number of fused-ring (bicyclic) bond motifs is 2. The summed E-state index contributed by atoms with van der Waals surface area (Å²) >= 11 is 0. The number of hydrogen-bond acceptors (Lipinski definition) is 9. The van der Waals surface area contributed by atoms with Gasteiger partial charge in [0.1, 0.15) is 5.82 Å². The summed E-state index contributed by atoms with van der Waals surface area (Å²) in [6.45, 7) is 0.926. The van der Waals surface area contributed by atoms with Crippen molar-refractivity contribution in [3.05, 3.63) is 41.5 Å². The van der Waals surface area contributed by atoms with E-state index in [0.717, 1.165) is 6.20 Å². The summed E-state index contributed by atoms with van der Waals surface area (Å²) in [4.78, 5) is 17.7. The number of rotatable bonds is 7. The normalized spacial score (nSPS) is 27.1. The first kappa shape index (κ1) is 26.4. The molecule has 5 heterocycles. The summed E-state index contributed by atoms with van der Waals surface area (Å²) in [7, 11) is 0. The Hall–Kier alpha value is -4.24. The minimum Gasteiger partial charge on any atom is -0.481 e. The average molecular weight is 607 g/mol. The lowest BCUT2D eigenvalue weighted by Gasteiger charge is -2.69. The van der Waals surface area contributed by atoms with Gasteiger partial charge in [0.25, 0.3) is 0 Å². The van der Waals surface area contributed by atoms with E-state index in [0.29, 0.717) is 63.1 Å². The minimum atomic E-state index is -4.69. The number of aliphatic carboxylic acids is 1. The number of aromatic nitrogens is 5. The van der Waals surface area contributed by atoms with Crippen molar-refractivity contribution in [1.82, 2.24) is 25.0 Å². The lowest BCUT2D eigenvalue weighted by atomic mass is 9.35. The molecular weight excluding hydrogens is 583 g/mol. The highest BCUT2D eigenvalue weighted by atomic mass is 19.4. The average Bonchev–Trinajstić information content (AvgIpc) is 3.42. The summed E-state index contributed by atoms with van der Waals surface area (Å²) in [6, 6.07) is 2.73. The lowest BCUT2D eigenvalue weighted by Crippen LogP contribution is -2.69. The molecule has 9 rings (SSSR count). The Morgan fingerprint density at radius 2 is 1.84 bits per heavy atom. The van der Waals surface area contributed by atoms with Crippen LogP contribution in [0.15, 0.2) is 24.5 Å². The molecule has 2 bridgehead atoms. The van der Waals surface area contributed by atoms with Gasteiger partial charge in [-0.1, -0.05) is 0 Å². The molecule has 16 heteroatoms. The molecule has 1 N–H and O–H groups in total. The summed E-state index contributed by atoms with van der Waals surface area (Å²) in [5.74, 6) is -0.938. The van der Waals surface area contributed by atoms with Crippen LogP contribution < -0.4 is 19.1 Å². The molecule has 11 nitrogen and oxygen atoms in total. The maximum absolute atomic E-state index is 14.1. The topological polar surface area (TPSA) is 125 Å². The van der Waals surface area contributed by atoms with E-state index in [4.69, 9.17) is 4.74 Å². The van der Waals surface area contributed by atoms with Gasteiger partial charge in [-0.15, -0.1) is 13.9 Å². The van der Waals surface area contributed by atoms with Gasteiger partial charge in [-0.2, -0.15) is 23.4 Å². The van der Waals surface area contributed by atoms with Crippen molar-refractivity contribution in [3.63, 3.8) is 0 Å². The number of pyridine rings is 1. The number of ether oxygens (including phenoxy) is 3. The van der Waals surface area contributed by atoms with Crippen molar-refractivity contribution in [2.24, 2.45) is 10.8 Å². The van der Waals surface area contributed by atoms with Crippen molar-refractivity contribution in [2.45, 2.75) is 63.0 Å². The van der Waals surface area contributed by atoms with E-state index < -0.39 is 35.2 Å². The van der Waals surface area contributed by atoms with Gasteiger partial charge in [0.05, 0.1) is 29.2 Å². The molecule has 0 aromatic carbocycles. The van der Waals surface area contributed by atoms with Crippen LogP contribution in [-0.2, 0) is 23.0 Å². The van der Waals surface area contributed by atoms with Crippen LogP contribution in [0.1, 0.15) is 55.5 Å². The number of hydrogen-bond donors (Lipinski definition) is 1. The van der Waals surface area contributed by atoms with Crippen molar-refractivity contribution >= 4 is 11.8 Å². The predicted octanol–water partition coefficient (Wildman–Crippen LogP) is 4.47. The predicted molar refractivity (Wildman–Crippen MR) is 133 cm³/mol. The van der Waals surface area contributed by atoms with E-state index in [1.54, 1.807) is 0 Å². The Labute approximate surface area is 239 Å². The third kappa shape index (κ3) is 4.01. The maximum atomic E-state index is 14.1. The molecule has 6 aliphatic rings. The van der Waals surface area contributed by atoms with E-state index in [9.17, 15) is 31.9 Å². The van der Waals surface area contributed by atoms with Gasteiger partial charge in [-0.25, -0.2) is 4.68 Å². The van der Waals surface area contributed by atoms with Crippen LogP contribution in [0.4, 0.5) is 27.8 Å².